The van der Waals surface area contributed by atoms with Crippen molar-refractivity contribution in [1.29, 1.82) is 0 Å². The lowest BCUT2D eigenvalue weighted by atomic mass is 10.1. The van der Waals surface area contributed by atoms with Gasteiger partial charge in [0.1, 0.15) is 0 Å². The summed E-state index contributed by atoms with van der Waals surface area (Å²) in [6.07, 6.45) is 2.93. The standard InChI is InChI=1S/C14H25N3O2S/c1-5-7-11-12(6-2)20-14(16-11)17-13(19)15-10(4)9(3)8-18/h9-10,18H,5-8H2,1-4H3,(H2,15,16,17,19). The number of aryl methyl sites for hydroxylation is 2. The van der Waals surface area contributed by atoms with Crippen LogP contribution in [0.25, 0.3) is 0 Å². The van der Waals surface area contributed by atoms with E-state index in [-0.39, 0.29) is 24.6 Å². The molecule has 1 aromatic heterocycles. The summed E-state index contributed by atoms with van der Waals surface area (Å²) in [5, 5.41) is 15.3. The Bertz CT molecular complexity index is 434. The number of carbonyl (C=O) groups is 1. The molecule has 5 nitrogen and oxygen atoms in total. The molecular formula is C14H25N3O2S. The van der Waals surface area contributed by atoms with E-state index in [1.165, 1.54) is 16.2 Å². The summed E-state index contributed by atoms with van der Waals surface area (Å²) in [6, 6.07) is -0.349. The van der Waals surface area contributed by atoms with E-state index in [2.05, 4.69) is 29.5 Å². The summed E-state index contributed by atoms with van der Waals surface area (Å²) in [5.41, 5.74) is 1.09. The number of amides is 2. The van der Waals surface area contributed by atoms with E-state index in [9.17, 15) is 4.79 Å². The van der Waals surface area contributed by atoms with Crippen molar-refractivity contribution in [3.63, 3.8) is 0 Å². The van der Waals surface area contributed by atoms with Crippen molar-refractivity contribution in [1.82, 2.24) is 10.3 Å². The monoisotopic (exact) mass is 299 g/mol. The van der Waals surface area contributed by atoms with E-state index in [0.717, 1.165) is 25.0 Å². The van der Waals surface area contributed by atoms with Crippen LogP contribution in [0.5, 0.6) is 0 Å². The molecule has 0 bridgehead atoms. The highest BCUT2D eigenvalue weighted by atomic mass is 32.1. The molecule has 0 saturated carbocycles. The predicted octanol–water partition coefficient (Wildman–Crippen LogP) is 2.80. The van der Waals surface area contributed by atoms with Gasteiger partial charge in [0, 0.05) is 17.5 Å². The smallest absolute Gasteiger partial charge is 0.321 e. The molecule has 0 spiro atoms. The summed E-state index contributed by atoms with van der Waals surface area (Å²) in [5.74, 6) is 0.0268. The highest BCUT2D eigenvalue weighted by Gasteiger charge is 2.16. The van der Waals surface area contributed by atoms with Crippen molar-refractivity contribution in [3.05, 3.63) is 10.6 Å². The Balaban J connectivity index is 2.61. The molecule has 1 aromatic rings. The first-order valence-corrected chi connectivity index (χ1v) is 8.00. The van der Waals surface area contributed by atoms with Gasteiger partial charge in [-0.25, -0.2) is 9.78 Å². The average Bonchev–Trinajstić information content (AvgIpc) is 2.79. The second kappa shape index (κ2) is 8.21. The van der Waals surface area contributed by atoms with Gasteiger partial charge in [0.25, 0.3) is 0 Å². The zero-order chi connectivity index (χ0) is 15.1. The van der Waals surface area contributed by atoms with Crippen LogP contribution < -0.4 is 10.6 Å². The van der Waals surface area contributed by atoms with Crippen molar-refractivity contribution in [2.75, 3.05) is 11.9 Å². The van der Waals surface area contributed by atoms with Gasteiger partial charge in [0.2, 0.25) is 0 Å². The second-order valence-electron chi connectivity index (χ2n) is 5.04. The van der Waals surface area contributed by atoms with E-state index in [0.29, 0.717) is 5.13 Å². The lowest BCUT2D eigenvalue weighted by Gasteiger charge is -2.18. The maximum atomic E-state index is 11.9. The van der Waals surface area contributed by atoms with Crippen LogP contribution in [0.1, 0.15) is 44.7 Å². The Labute approximate surface area is 124 Å². The number of aliphatic hydroxyl groups is 1. The quantitative estimate of drug-likeness (QED) is 0.725. The van der Waals surface area contributed by atoms with Crippen LogP contribution >= 0.6 is 11.3 Å². The van der Waals surface area contributed by atoms with Crippen molar-refractivity contribution in [2.45, 2.75) is 53.0 Å². The molecule has 2 unspecified atom stereocenters. The molecule has 0 saturated heterocycles. The van der Waals surface area contributed by atoms with E-state index < -0.39 is 0 Å². The maximum Gasteiger partial charge on any atom is 0.321 e. The minimum absolute atomic E-state index is 0.0268. The number of nitrogens with zero attached hydrogens (tertiary/aromatic N) is 1. The molecule has 2 amide bonds. The molecule has 20 heavy (non-hydrogen) atoms. The first-order valence-electron chi connectivity index (χ1n) is 7.18. The molecule has 114 valence electrons. The molecule has 0 aliphatic rings. The van der Waals surface area contributed by atoms with Gasteiger partial charge in [0.05, 0.1) is 5.69 Å². The number of nitrogens with one attached hydrogen (secondary N) is 2. The third-order valence-corrected chi connectivity index (χ3v) is 4.46. The van der Waals surface area contributed by atoms with Crippen molar-refractivity contribution in [3.8, 4) is 0 Å². The Kier molecular flexibility index (Phi) is 6.95. The molecule has 0 aliphatic carbocycles. The molecule has 0 radical (unpaired) electrons. The van der Waals surface area contributed by atoms with E-state index >= 15 is 0 Å². The van der Waals surface area contributed by atoms with E-state index in [4.69, 9.17) is 5.11 Å². The topological polar surface area (TPSA) is 74.2 Å². The van der Waals surface area contributed by atoms with Crippen LogP contribution in [-0.4, -0.2) is 28.8 Å². The van der Waals surface area contributed by atoms with Gasteiger partial charge in [-0.05, 0) is 25.7 Å². The highest BCUT2D eigenvalue weighted by Crippen LogP contribution is 2.24. The number of rotatable bonds is 7. The van der Waals surface area contributed by atoms with Crippen LogP contribution in [0.15, 0.2) is 0 Å². The summed E-state index contributed by atoms with van der Waals surface area (Å²) in [6.45, 7) is 8.04. The Morgan fingerprint density at radius 2 is 2.10 bits per heavy atom. The first-order chi connectivity index (χ1) is 9.51. The van der Waals surface area contributed by atoms with Gasteiger partial charge < -0.3 is 10.4 Å². The minimum Gasteiger partial charge on any atom is -0.396 e. The van der Waals surface area contributed by atoms with Gasteiger partial charge >= 0.3 is 6.03 Å². The number of aromatic nitrogens is 1. The molecular weight excluding hydrogens is 274 g/mol. The molecule has 0 aromatic carbocycles. The highest BCUT2D eigenvalue weighted by molar-refractivity contribution is 7.15. The van der Waals surface area contributed by atoms with Crippen LogP contribution in [0.2, 0.25) is 0 Å². The zero-order valence-electron chi connectivity index (χ0n) is 12.7. The third kappa shape index (κ3) is 4.76. The van der Waals surface area contributed by atoms with Crippen molar-refractivity contribution in [2.24, 2.45) is 5.92 Å². The zero-order valence-corrected chi connectivity index (χ0v) is 13.5. The fourth-order valence-corrected chi connectivity index (χ4v) is 2.73. The van der Waals surface area contributed by atoms with Gasteiger partial charge in [-0.15, -0.1) is 11.3 Å². The van der Waals surface area contributed by atoms with Gasteiger partial charge in [-0.3, -0.25) is 5.32 Å². The summed E-state index contributed by atoms with van der Waals surface area (Å²) < 4.78 is 0. The fraction of sp³-hybridized carbons (Fsp3) is 0.714. The Hall–Kier alpha value is -1.14. The van der Waals surface area contributed by atoms with Crippen molar-refractivity contribution < 1.29 is 9.90 Å². The average molecular weight is 299 g/mol. The van der Waals surface area contributed by atoms with Crippen molar-refractivity contribution >= 4 is 22.5 Å². The summed E-state index contributed by atoms with van der Waals surface area (Å²) in [4.78, 5) is 17.6. The number of urea groups is 1. The molecule has 0 aliphatic heterocycles. The number of aliphatic hydroxyl groups excluding tert-OH is 1. The Morgan fingerprint density at radius 1 is 1.40 bits per heavy atom. The number of hydrogen-bond donors (Lipinski definition) is 3. The lowest BCUT2D eigenvalue weighted by Crippen LogP contribution is -2.40. The molecule has 3 N–H and O–H groups in total. The van der Waals surface area contributed by atoms with Crippen LogP contribution in [-0.2, 0) is 12.8 Å². The SMILES string of the molecule is CCCc1nc(NC(=O)NC(C)C(C)CO)sc1CC. The van der Waals surface area contributed by atoms with Gasteiger partial charge in [-0.2, -0.15) is 0 Å². The van der Waals surface area contributed by atoms with Crippen LogP contribution in [0.4, 0.5) is 9.93 Å². The van der Waals surface area contributed by atoms with E-state index in [1.54, 1.807) is 0 Å². The molecule has 1 rings (SSSR count). The molecule has 2 atom stereocenters. The van der Waals surface area contributed by atoms with Crippen LogP contribution in [0, 0.1) is 5.92 Å². The summed E-state index contributed by atoms with van der Waals surface area (Å²) >= 11 is 1.54. The maximum absolute atomic E-state index is 11.9. The third-order valence-electron chi connectivity index (χ3n) is 3.31. The molecule has 0 fully saturated rings. The van der Waals surface area contributed by atoms with Gasteiger partial charge in [-0.1, -0.05) is 27.2 Å². The largest absolute Gasteiger partial charge is 0.396 e. The fourth-order valence-electron chi connectivity index (χ4n) is 1.79. The number of thiazole rings is 1. The lowest BCUT2D eigenvalue weighted by molar-refractivity contribution is 0.204. The second-order valence-corrected chi connectivity index (χ2v) is 6.12. The number of hydrogen-bond acceptors (Lipinski definition) is 4. The number of anilines is 1. The minimum atomic E-state index is -0.266. The summed E-state index contributed by atoms with van der Waals surface area (Å²) in [7, 11) is 0. The Morgan fingerprint density at radius 3 is 2.65 bits per heavy atom. The van der Waals surface area contributed by atoms with Crippen LogP contribution in [0.3, 0.4) is 0 Å². The number of carbonyl (C=O) groups excluding carboxylic acids is 1. The van der Waals surface area contributed by atoms with Gasteiger partial charge in [0.15, 0.2) is 5.13 Å². The first kappa shape index (κ1) is 16.9. The molecule has 6 heteroatoms. The normalized spacial score (nSPS) is 13.8. The van der Waals surface area contributed by atoms with E-state index in [1.807, 2.05) is 13.8 Å². The molecule has 1 heterocycles. The predicted molar refractivity (Wildman–Crippen MR) is 83.4 cm³/mol.